The Morgan fingerprint density at radius 2 is 2.12 bits per heavy atom. The van der Waals surface area contributed by atoms with Gasteiger partial charge in [0.05, 0.1) is 13.2 Å². The van der Waals surface area contributed by atoms with E-state index in [1.54, 1.807) is 17.1 Å². The number of thiophene rings is 1. The van der Waals surface area contributed by atoms with Crippen LogP contribution in [0, 0.1) is 0 Å². The molecular formula is C9H15N3O3S2. The predicted molar refractivity (Wildman–Crippen MR) is 64.9 cm³/mol. The van der Waals surface area contributed by atoms with E-state index in [0.717, 1.165) is 4.88 Å². The zero-order valence-corrected chi connectivity index (χ0v) is 10.9. The minimum absolute atomic E-state index is 0.296. The molecule has 1 fully saturated rings. The number of hydrogen-bond acceptors (Lipinski definition) is 6. The van der Waals surface area contributed by atoms with E-state index in [1.165, 1.54) is 11.3 Å². The Balaban J connectivity index is 2.07. The third-order valence-electron chi connectivity index (χ3n) is 2.36. The zero-order chi connectivity index (χ0) is 12.3. The van der Waals surface area contributed by atoms with Gasteiger partial charge in [-0.3, -0.25) is 0 Å². The number of sulfonamides is 1. The number of nitrogens with two attached hydrogens (primary N) is 1. The van der Waals surface area contributed by atoms with Gasteiger partial charge in [-0.1, -0.05) is 0 Å². The summed E-state index contributed by atoms with van der Waals surface area (Å²) < 4.78 is 29.5. The monoisotopic (exact) mass is 277 g/mol. The summed E-state index contributed by atoms with van der Waals surface area (Å²) in [6.07, 6.45) is 0. The molecule has 0 radical (unpaired) electrons. The van der Waals surface area contributed by atoms with E-state index in [1.807, 2.05) is 0 Å². The molecule has 1 aromatic rings. The average Bonchev–Trinajstić information content (AvgIpc) is 2.79. The lowest BCUT2D eigenvalue weighted by Gasteiger charge is -2.26. The number of nitrogens with zero attached hydrogens (tertiary/aromatic N) is 1. The van der Waals surface area contributed by atoms with Crippen LogP contribution in [0.1, 0.15) is 4.88 Å². The molecule has 0 unspecified atom stereocenters. The second-order valence-electron chi connectivity index (χ2n) is 3.62. The van der Waals surface area contributed by atoms with Gasteiger partial charge in [-0.2, -0.15) is 0 Å². The van der Waals surface area contributed by atoms with Gasteiger partial charge in [0.25, 0.3) is 10.0 Å². The number of hydrogen-bond donors (Lipinski definition) is 2. The third-order valence-corrected chi connectivity index (χ3v) is 5.34. The summed E-state index contributed by atoms with van der Waals surface area (Å²) in [5.74, 6) is 0. The van der Waals surface area contributed by atoms with Crippen LogP contribution in [0.5, 0.6) is 0 Å². The van der Waals surface area contributed by atoms with E-state index in [9.17, 15) is 8.42 Å². The molecule has 8 heteroatoms. The largest absolute Gasteiger partial charge is 0.379 e. The van der Waals surface area contributed by atoms with Crippen LogP contribution in [-0.2, 0) is 21.3 Å². The van der Waals surface area contributed by atoms with Crippen molar-refractivity contribution in [2.45, 2.75) is 10.8 Å². The summed E-state index contributed by atoms with van der Waals surface area (Å²) >= 11 is 1.20. The van der Waals surface area contributed by atoms with Crippen LogP contribution in [0.4, 0.5) is 0 Å². The van der Waals surface area contributed by atoms with Gasteiger partial charge in [-0.05, 0) is 12.1 Å². The van der Waals surface area contributed by atoms with Crippen LogP contribution in [0.25, 0.3) is 0 Å². The smallest absolute Gasteiger partial charge is 0.262 e. The van der Waals surface area contributed by atoms with Crippen molar-refractivity contribution in [3.63, 3.8) is 0 Å². The highest BCUT2D eigenvalue weighted by atomic mass is 32.2. The van der Waals surface area contributed by atoms with E-state index < -0.39 is 10.0 Å². The van der Waals surface area contributed by atoms with Crippen molar-refractivity contribution < 1.29 is 13.2 Å². The second kappa shape index (κ2) is 5.42. The maximum absolute atomic E-state index is 12.0. The molecule has 96 valence electrons. The molecule has 0 saturated carbocycles. The maximum atomic E-state index is 12.0. The Bertz CT molecular complexity index is 466. The van der Waals surface area contributed by atoms with Crippen LogP contribution < -0.4 is 10.6 Å². The van der Waals surface area contributed by atoms with Gasteiger partial charge < -0.3 is 10.5 Å². The number of ether oxygens (including phenoxy) is 1. The van der Waals surface area contributed by atoms with Crippen LogP contribution in [0.15, 0.2) is 16.3 Å². The summed E-state index contributed by atoms with van der Waals surface area (Å²) in [4.78, 5) is 3.40. The Labute approximate surface area is 104 Å². The van der Waals surface area contributed by atoms with Gasteiger partial charge >= 0.3 is 0 Å². The lowest BCUT2D eigenvalue weighted by Crippen LogP contribution is -2.48. The Morgan fingerprint density at radius 1 is 1.41 bits per heavy atom. The van der Waals surface area contributed by atoms with E-state index in [4.69, 9.17) is 10.5 Å². The molecule has 0 amide bonds. The predicted octanol–water partition coefficient (Wildman–Crippen LogP) is -0.268. The third kappa shape index (κ3) is 3.24. The quantitative estimate of drug-likeness (QED) is 0.791. The van der Waals surface area contributed by atoms with Gasteiger partial charge in [0.1, 0.15) is 4.21 Å². The first-order chi connectivity index (χ1) is 8.12. The highest BCUT2D eigenvalue weighted by Gasteiger charge is 2.21. The second-order valence-corrected chi connectivity index (χ2v) is 6.68. The summed E-state index contributed by atoms with van der Waals surface area (Å²) in [6, 6.07) is 3.31. The summed E-state index contributed by atoms with van der Waals surface area (Å²) in [7, 11) is -3.47. The first-order valence-corrected chi connectivity index (χ1v) is 7.56. The van der Waals surface area contributed by atoms with Crippen LogP contribution >= 0.6 is 11.3 Å². The summed E-state index contributed by atoms with van der Waals surface area (Å²) in [6.45, 7) is 2.57. The standard InChI is InChI=1S/C9H15N3O3S2/c10-7-8-1-2-9(16-8)17(13,14)11-12-3-5-15-6-4-12/h1-2,11H,3-7,10H2. The topological polar surface area (TPSA) is 84.7 Å². The van der Waals surface area contributed by atoms with Crippen LogP contribution in [0.3, 0.4) is 0 Å². The highest BCUT2D eigenvalue weighted by molar-refractivity contribution is 7.91. The van der Waals surface area contributed by atoms with E-state index >= 15 is 0 Å². The molecule has 0 atom stereocenters. The van der Waals surface area contributed by atoms with Crippen molar-refractivity contribution in [1.29, 1.82) is 0 Å². The summed E-state index contributed by atoms with van der Waals surface area (Å²) in [5, 5.41) is 1.65. The number of hydrazine groups is 1. The molecule has 0 bridgehead atoms. The molecule has 6 nitrogen and oxygen atoms in total. The SMILES string of the molecule is NCc1ccc(S(=O)(=O)NN2CCOCC2)s1. The first kappa shape index (κ1) is 12.9. The fourth-order valence-electron chi connectivity index (χ4n) is 1.48. The Morgan fingerprint density at radius 3 is 2.71 bits per heavy atom. The molecule has 0 aromatic carbocycles. The Kier molecular flexibility index (Phi) is 4.13. The summed E-state index contributed by atoms with van der Waals surface area (Å²) in [5.41, 5.74) is 5.46. The first-order valence-electron chi connectivity index (χ1n) is 5.26. The lowest BCUT2D eigenvalue weighted by atomic mass is 10.5. The number of morpholine rings is 1. The van der Waals surface area contributed by atoms with Gasteiger partial charge in [-0.25, -0.2) is 13.4 Å². The molecule has 0 spiro atoms. The molecule has 1 aliphatic heterocycles. The molecule has 1 aliphatic rings. The van der Waals surface area contributed by atoms with Crippen molar-refractivity contribution in [3.05, 3.63) is 17.0 Å². The average molecular weight is 277 g/mol. The minimum atomic E-state index is -3.47. The fourth-order valence-corrected chi connectivity index (χ4v) is 3.83. The normalized spacial score (nSPS) is 18.4. The van der Waals surface area contributed by atoms with Gasteiger partial charge in [0, 0.05) is 24.5 Å². The number of nitrogens with one attached hydrogen (secondary N) is 1. The van der Waals surface area contributed by atoms with E-state index in [2.05, 4.69) is 4.83 Å². The van der Waals surface area contributed by atoms with E-state index in [0.29, 0.717) is 37.1 Å². The van der Waals surface area contributed by atoms with Gasteiger partial charge in [0.2, 0.25) is 0 Å². The van der Waals surface area contributed by atoms with Crippen molar-refractivity contribution in [2.24, 2.45) is 5.73 Å². The maximum Gasteiger partial charge on any atom is 0.262 e. The van der Waals surface area contributed by atoms with Crippen molar-refractivity contribution in [2.75, 3.05) is 26.3 Å². The highest BCUT2D eigenvalue weighted by Crippen LogP contribution is 2.21. The lowest BCUT2D eigenvalue weighted by molar-refractivity contribution is 0.0272. The molecule has 1 saturated heterocycles. The van der Waals surface area contributed by atoms with Crippen molar-refractivity contribution in [3.8, 4) is 0 Å². The van der Waals surface area contributed by atoms with Crippen LogP contribution in [-0.4, -0.2) is 39.7 Å². The van der Waals surface area contributed by atoms with Crippen molar-refractivity contribution >= 4 is 21.4 Å². The van der Waals surface area contributed by atoms with Crippen molar-refractivity contribution in [1.82, 2.24) is 9.84 Å². The fraction of sp³-hybridized carbons (Fsp3) is 0.556. The zero-order valence-electron chi connectivity index (χ0n) is 9.26. The van der Waals surface area contributed by atoms with E-state index in [-0.39, 0.29) is 0 Å². The van der Waals surface area contributed by atoms with Gasteiger partial charge in [-0.15, -0.1) is 16.2 Å². The molecular weight excluding hydrogens is 262 g/mol. The Hall–Kier alpha value is -0.510. The molecule has 0 aliphatic carbocycles. The molecule has 2 heterocycles. The molecule has 1 aromatic heterocycles. The van der Waals surface area contributed by atoms with Gasteiger partial charge in [0.15, 0.2) is 0 Å². The number of rotatable bonds is 4. The van der Waals surface area contributed by atoms with Crippen LogP contribution in [0.2, 0.25) is 0 Å². The molecule has 2 rings (SSSR count). The molecule has 3 N–H and O–H groups in total. The minimum Gasteiger partial charge on any atom is -0.379 e. The molecule has 17 heavy (non-hydrogen) atoms.